The molecule has 0 aliphatic carbocycles. The Hall–Kier alpha value is -0.810. The van der Waals surface area contributed by atoms with E-state index >= 15 is 0 Å². The van der Waals surface area contributed by atoms with Gasteiger partial charge >= 0.3 is 0 Å². The minimum Gasteiger partial charge on any atom is -0.367 e. The molecule has 0 saturated carbocycles. The molecule has 0 aromatic carbocycles. The van der Waals surface area contributed by atoms with E-state index in [1.807, 2.05) is 26.7 Å². The quantitative estimate of drug-likeness (QED) is 0.422. The molecular weight excluding hydrogens is 128 g/mol. The molecule has 0 rings (SSSR count). The van der Waals surface area contributed by atoms with Crippen LogP contribution in [-0.2, 0) is 9.53 Å². The van der Waals surface area contributed by atoms with E-state index in [0.29, 0.717) is 0 Å². The van der Waals surface area contributed by atoms with Crippen molar-refractivity contribution < 1.29 is 9.53 Å². The normalized spacial score (nSPS) is 10.6. The highest BCUT2D eigenvalue weighted by molar-refractivity contribution is 5.95. The SMILES string of the molecule is C#CC(=O)COC(C)(C)C. The zero-order valence-corrected chi connectivity index (χ0v) is 6.60. The lowest BCUT2D eigenvalue weighted by atomic mass is 10.2. The van der Waals surface area contributed by atoms with Crippen molar-refractivity contribution in [2.75, 3.05) is 6.61 Å². The van der Waals surface area contributed by atoms with Crippen molar-refractivity contribution in [3.8, 4) is 12.3 Å². The molecule has 0 heterocycles. The van der Waals surface area contributed by atoms with Gasteiger partial charge in [-0.1, -0.05) is 0 Å². The minimum absolute atomic E-state index is 0.0139. The smallest absolute Gasteiger partial charge is 0.230 e. The van der Waals surface area contributed by atoms with Gasteiger partial charge in [0.1, 0.15) is 6.61 Å². The van der Waals surface area contributed by atoms with E-state index in [1.165, 1.54) is 0 Å². The van der Waals surface area contributed by atoms with Crippen LogP contribution in [0.25, 0.3) is 0 Å². The first kappa shape index (κ1) is 9.19. The number of ketones is 1. The average molecular weight is 140 g/mol. The van der Waals surface area contributed by atoms with Gasteiger partial charge in [-0.25, -0.2) is 0 Å². The molecule has 0 spiro atoms. The molecule has 56 valence electrons. The summed E-state index contributed by atoms with van der Waals surface area (Å²) in [5.41, 5.74) is -0.285. The number of carbonyl (C=O) groups excluding carboxylic acids is 1. The Kier molecular flexibility index (Phi) is 3.11. The monoisotopic (exact) mass is 140 g/mol. The van der Waals surface area contributed by atoms with Crippen molar-refractivity contribution in [3.05, 3.63) is 0 Å². The highest BCUT2D eigenvalue weighted by atomic mass is 16.5. The van der Waals surface area contributed by atoms with Gasteiger partial charge in [-0.15, -0.1) is 6.42 Å². The topological polar surface area (TPSA) is 26.3 Å². The van der Waals surface area contributed by atoms with Gasteiger partial charge in [-0.2, -0.15) is 0 Å². The van der Waals surface area contributed by atoms with Crippen molar-refractivity contribution in [1.82, 2.24) is 0 Å². The fourth-order valence-corrected chi connectivity index (χ4v) is 0.324. The molecule has 0 aromatic heterocycles. The van der Waals surface area contributed by atoms with Crippen LogP contribution >= 0.6 is 0 Å². The second kappa shape index (κ2) is 3.38. The molecule has 10 heavy (non-hydrogen) atoms. The molecule has 0 fully saturated rings. The number of rotatable bonds is 2. The zero-order valence-electron chi connectivity index (χ0n) is 6.60. The summed E-state index contributed by atoms with van der Waals surface area (Å²) in [4.78, 5) is 10.5. The molecule has 2 nitrogen and oxygen atoms in total. The number of carbonyl (C=O) groups is 1. The lowest BCUT2D eigenvalue weighted by Crippen LogP contribution is -2.22. The molecule has 0 amide bonds. The average Bonchev–Trinajstić information content (AvgIpc) is 1.81. The predicted octanol–water partition coefficient (Wildman–Crippen LogP) is 1.00. The van der Waals surface area contributed by atoms with Crippen molar-refractivity contribution >= 4 is 5.78 Å². The lowest BCUT2D eigenvalue weighted by Gasteiger charge is -2.17. The van der Waals surface area contributed by atoms with Crippen molar-refractivity contribution in [2.24, 2.45) is 0 Å². The molecule has 0 saturated heterocycles. The molecule has 0 aliphatic heterocycles. The van der Waals surface area contributed by atoms with Crippen LogP contribution < -0.4 is 0 Å². The zero-order chi connectivity index (χ0) is 8.20. The van der Waals surface area contributed by atoms with Crippen LogP contribution in [0, 0.1) is 12.3 Å². The number of hydrogen-bond acceptors (Lipinski definition) is 2. The number of hydrogen-bond donors (Lipinski definition) is 0. The summed E-state index contributed by atoms with van der Waals surface area (Å²) in [7, 11) is 0. The van der Waals surface area contributed by atoms with Gasteiger partial charge in [0.2, 0.25) is 5.78 Å². The number of Topliss-reactive ketones (excluding diaryl/α,β-unsaturated/α-hetero) is 1. The van der Waals surface area contributed by atoms with E-state index in [9.17, 15) is 4.79 Å². The van der Waals surface area contributed by atoms with Gasteiger partial charge in [0.15, 0.2) is 0 Å². The van der Waals surface area contributed by atoms with Crippen molar-refractivity contribution in [3.63, 3.8) is 0 Å². The number of terminal acetylenes is 1. The molecule has 0 aliphatic rings. The third kappa shape index (κ3) is 5.33. The van der Waals surface area contributed by atoms with Crippen LogP contribution in [0.4, 0.5) is 0 Å². The molecule has 0 N–H and O–H groups in total. The Bertz CT molecular complexity index is 157. The molecule has 0 aromatic rings. The Labute approximate surface area is 61.6 Å². The highest BCUT2D eigenvalue weighted by Gasteiger charge is 2.11. The van der Waals surface area contributed by atoms with E-state index in [-0.39, 0.29) is 18.0 Å². The summed E-state index contributed by atoms with van der Waals surface area (Å²) in [6.45, 7) is 5.63. The first-order chi connectivity index (χ1) is 4.45. The lowest BCUT2D eigenvalue weighted by molar-refractivity contribution is -0.122. The molecule has 0 unspecified atom stereocenters. The largest absolute Gasteiger partial charge is 0.367 e. The van der Waals surface area contributed by atoms with E-state index in [2.05, 4.69) is 0 Å². The van der Waals surface area contributed by atoms with Gasteiger partial charge in [-0.05, 0) is 26.7 Å². The van der Waals surface area contributed by atoms with Gasteiger partial charge in [0, 0.05) is 0 Å². The fraction of sp³-hybridized carbons (Fsp3) is 0.625. The molecular formula is C8H12O2. The molecule has 0 bridgehead atoms. The third-order valence-electron chi connectivity index (χ3n) is 0.797. The molecule has 2 heteroatoms. The Balaban J connectivity index is 3.58. The van der Waals surface area contributed by atoms with E-state index in [0.717, 1.165) is 0 Å². The maximum atomic E-state index is 10.5. The maximum absolute atomic E-state index is 10.5. The van der Waals surface area contributed by atoms with Crippen molar-refractivity contribution in [2.45, 2.75) is 26.4 Å². The first-order valence-corrected chi connectivity index (χ1v) is 3.09. The van der Waals surface area contributed by atoms with Crippen LogP contribution in [-0.4, -0.2) is 18.0 Å². The Morgan fingerprint density at radius 3 is 2.40 bits per heavy atom. The second-order valence-electron chi connectivity index (χ2n) is 2.97. The van der Waals surface area contributed by atoms with Crippen LogP contribution in [0.5, 0.6) is 0 Å². The standard InChI is InChI=1S/C8H12O2/c1-5-7(9)6-10-8(2,3)4/h1H,6H2,2-4H3. The first-order valence-electron chi connectivity index (χ1n) is 3.09. The summed E-state index contributed by atoms with van der Waals surface area (Å²) in [5.74, 6) is 1.66. The predicted molar refractivity (Wildman–Crippen MR) is 39.5 cm³/mol. The maximum Gasteiger partial charge on any atom is 0.230 e. The molecule has 0 radical (unpaired) electrons. The summed E-state index contributed by atoms with van der Waals surface area (Å²) in [6, 6.07) is 0. The summed E-state index contributed by atoms with van der Waals surface area (Å²) >= 11 is 0. The summed E-state index contributed by atoms with van der Waals surface area (Å²) in [6.07, 6.45) is 4.82. The number of ether oxygens (including phenoxy) is 1. The fourth-order valence-electron chi connectivity index (χ4n) is 0.324. The minimum atomic E-state index is -0.310. The van der Waals surface area contributed by atoms with Gasteiger partial charge in [0.05, 0.1) is 5.60 Å². The van der Waals surface area contributed by atoms with Crippen molar-refractivity contribution in [1.29, 1.82) is 0 Å². The second-order valence-corrected chi connectivity index (χ2v) is 2.97. The van der Waals surface area contributed by atoms with E-state index in [1.54, 1.807) is 0 Å². The van der Waals surface area contributed by atoms with Crippen LogP contribution in [0.2, 0.25) is 0 Å². The Morgan fingerprint density at radius 1 is 1.60 bits per heavy atom. The highest BCUT2D eigenvalue weighted by Crippen LogP contribution is 2.05. The van der Waals surface area contributed by atoms with Crippen LogP contribution in [0.1, 0.15) is 20.8 Å². The van der Waals surface area contributed by atoms with E-state index < -0.39 is 0 Å². The van der Waals surface area contributed by atoms with Crippen LogP contribution in [0.3, 0.4) is 0 Å². The van der Waals surface area contributed by atoms with Gasteiger partial charge < -0.3 is 4.74 Å². The third-order valence-corrected chi connectivity index (χ3v) is 0.797. The Morgan fingerprint density at radius 2 is 2.10 bits per heavy atom. The summed E-state index contributed by atoms with van der Waals surface area (Å²) < 4.78 is 5.09. The molecule has 0 atom stereocenters. The van der Waals surface area contributed by atoms with Crippen LogP contribution in [0.15, 0.2) is 0 Å². The van der Waals surface area contributed by atoms with Gasteiger partial charge in [0.25, 0.3) is 0 Å². The van der Waals surface area contributed by atoms with Gasteiger partial charge in [-0.3, -0.25) is 4.79 Å². The summed E-state index contributed by atoms with van der Waals surface area (Å²) in [5, 5.41) is 0. The van der Waals surface area contributed by atoms with E-state index in [4.69, 9.17) is 11.2 Å².